The van der Waals surface area contributed by atoms with E-state index in [1.807, 2.05) is 41.3 Å². The van der Waals surface area contributed by atoms with Crippen LogP contribution in [0.4, 0.5) is 5.69 Å². The van der Waals surface area contributed by atoms with Crippen molar-refractivity contribution in [1.29, 1.82) is 0 Å². The van der Waals surface area contributed by atoms with Crippen molar-refractivity contribution in [3.05, 3.63) is 53.1 Å². The lowest BCUT2D eigenvalue weighted by Gasteiger charge is -2.31. The number of aliphatic hydroxyl groups is 1. The fraction of sp³-hybridized carbons (Fsp3) is 0.576. The Kier molecular flexibility index (Phi) is 10.6. The number of aliphatic hydroxyl groups excluding tert-OH is 1. The number of likely N-dealkylation sites (tertiary alicyclic amines) is 1. The van der Waals surface area contributed by atoms with Gasteiger partial charge in [-0.3, -0.25) is 14.5 Å². The van der Waals surface area contributed by atoms with Gasteiger partial charge in [0.1, 0.15) is 0 Å². The normalized spacial score (nSPS) is 23.4. The Hall–Kier alpha value is -3.18. The monoisotopic (exact) mass is 595 g/mol. The summed E-state index contributed by atoms with van der Waals surface area (Å²) in [6.45, 7) is 4.10. The maximum absolute atomic E-state index is 14.0. The van der Waals surface area contributed by atoms with Gasteiger partial charge in [-0.15, -0.1) is 0 Å². The second-order valence-electron chi connectivity index (χ2n) is 11.9. The van der Waals surface area contributed by atoms with E-state index in [0.717, 1.165) is 61.9 Å². The number of carboxylic acid groups (broad SMARTS) is 1. The SMILES string of the molecule is CCCCN(C(=O)CN1C[C@H](c2cc(CO)c3c(c2)OCO3)[C@@H](C(=O)O)[C@@H]1CCC1CCCCO1)c1cccc(CN)c1. The summed E-state index contributed by atoms with van der Waals surface area (Å²) in [5.74, 6) is -1.08. The van der Waals surface area contributed by atoms with Crippen LogP contribution in [-0.2, 0) is 27.5 Å². The van der Waals surface area contributed by atoms with E-state index in [2.05, 4.69) is 11.8 Å². The van der Waals surface area contributed by atoms with Crippen molar-refractivity contribution in [2.24, 2.45) is 11.7 Å². The molecule has 1 unspecified atom stereocenters. The maximum atomic E-state index is 14.0. The number of nitrogens with zero attached hydrogens (tertiary/aromatic N) is 2. The molecule has 3 heterocycles. The second-order valence-corrected chi connectivity index (χ2v) is 11.9. The third kappa shape index (κ3) is 7.15. The van der Waals surface area contributed by atoms with Gasteiger partial charge in [0, 0.05) is 49.5 Å². The number of carbonyl (C=O) groups excluding carboxylic acids is 1. The number of rotatable bonds is 13. The van der Waals surface area contributed by atoms with Gasteiger partial charge in [-0.1, -0.05) is 25.5 Å². The number of nitrogens with two attached hydrogens (primary N) is 1. The summed E-state index contributed by atoms with van der Waals surface area (Å²) in [4.78, 5) is 30.9. The zero-order valence-corrected chi connectivity index (χ0v) is 25.1. The Bertz CT molecular complexity index is 1270. The Labute approximate surface area is 253 Å². The standard InChI is InChI=1S/C33H45N3O7/c1-2-3-12-36(25-8-6-7-22(14-25)17-34)30(38)19-35-18-27(23-15-24(20-37)32-29(16-23)42-21-43-32)31(33(39)40)28(35)11-10-26-9-4-5-13-41-26/h6-8,14-16,26-28,31,37H,2-5,9-13,17-21,34H2,1H3,(H,39,40)/t26?,27-,28+,31-/m1/s1. The summed E-state index contributed by atoms with van der Waals surface area (Å²) in [6, 6.07) is 11.1. The number of carbonyl (C=O) groups is 2. The van der Waals surface area contributed by atoms with E-state index >= 15 is 0 Å². The molecule has 10 heteroatoms. The molecule has 0 spiro atoms. The van der Waals surface area contributed by atoms with Crippen LogP contribution in [0.5, 0.6) is 11.5 Å². The highest BCUT2D eigenvalue weighted by atomic mass is 16.7. The van der Waals surface area contributed by atoms with E-state index in [1.165, 1.54) is 0 Å². The highest BCUT2D eigenvalue weighted by Crippen LogP contribution is 2.45. The zero-order chi connectivity index (χ0) is 30.3. The molecule has 2 aromatic carbocycles. The van der Waals surface area contributed by atoms with Crippen molar-refractivity contribution in [1.82, 2.24) is 4.90 Å². The van der Waals surface area contributed by atoms with Crippen LogP contribution in [0.15, 0.2) is 36.4 Å². The van der Waals surface area contributed by atoms with Crippen LogP contribution in [-0.4, -0.2) is 72.2 Å². The number of hydrogen-bond donors (Lipinski definition) is 3. The van der Waals surface area contributed by atoms with E-state index in [-0.39, 0.29) is 38.0 Å². The second kappa shape index (κ2) is 14.5. The van der Waals surface area contributed by atoms with Gasteiger partial charge in [0.2, 0.25) is 12.7 Å². The van der Waals surface area contributed by atoms with Crippen molar-refractivity contribution < 1.29 is 34.0 Å². The summed E-state index contributed by atoms with van der Waals surface area (Å²) < 4.78 is 17.2. The van der Waals surface area contributed by atoms with E-state index in [1.54, 1.807) is 0 Å². The molecule has 2 aromatic rings. The molecular formula is C33H45N3O7. The quantitative estimate of drug-likeness (QED) is 0.314. The van der Waals surface area contributed by atoms with Crippen molar-refractivity contribution in [3.8, 4) is 11.5 Å². The number of amides is 1. The molecular weight excluding hydrogens is 550 g/mol. The Balaban J connectivity index is 1.45. The summed E-state index contributed by atoms with van der Waals surface area (Å²) in [5, 5.41) is 20.7. The molecule has 43 heavy (non-hydrogen) atoms. The molecule has 1 amide bonds. The van der Waals surface area contributed by atoms with Crippen molar-refractivity contribution in [2.75, 3.05) is 37.9 Å². The first-order valence-corrected chi connectivity index (χ1v) is 15.6. The predicted octanol–water partition coefficient (Wildman–Crippen LogP) is 4.02. The number of carboxylic acids is 1. The predicted molar refractivity (Wildman–Crippen MR) is 162 cm³/mol. The van der Waals surface area contributed by atoms with Gasteiger partial charge in [0.15, 0.2) is 11.5 Å². The largest absolute Gasteiger partial charge is 0.481 e. The molecule has 3 aliphatic heterocycles. The molecule has 0 aromatic heterocycles. The Morgan fingerprint density at radius 3 is 2.72 bits per heavy atom. The molecule has 4 N–H and O–H groups in total. The average Bonchev–Trinajstić information content (AvgIpc) is 3.65. The van der Waals surface area contributed by atoms with Crippen LogP contribution in [0.1, 0.15) is 74.5 Å². The number of hydrogen-bond acceptors (Lipinski definition) is 8. The minimum Gasteiger partial charge on any atom is -0.481 e. The molecule has 0 saturated carbocycles. The third-order valence-electron chi connectivity index (χ3n) is 9.09. The summed E-state index contributed by atoms with van der Waals surface area (Å²) >= 11 is 0. The number of aliphatic carboxylic acids is 1. The van der Waals surface area contributed by atoms with Gasteiger partial charge in [0.05, 0.1) is 25.2 Å². The highest BCUT2D eigenvalue weighted by Gasteiger charge is 2.47. The summed E-state index contributed by atoms with van der Waals surface area (Å²) in [5.41, 5.74) is 9.00. The van der Waals surface area contributed by atoms with Gasteiger partial charge in [-0.05, 0) is 73.9 Å². The summed E-state index contributed by atoms with van der Waals surface area (Å²) in [7, 11) is 0. The lowest BCUT2D eigenvalue weighted by Crippen LogP contribution is -2.45. The number of benzene rings is 2. The van der Waals surface area contributed by atoms with Crippen molar-refractivity contribution in [3.63, 3.8) is 0 Å². The van der Waals surface area contributed by atoms with Crippen molar-refractivity contribution >= 4 is 17.6 Å². The topological polar surface area (TPSA) is 135 Å². The first kappa shape index (κ1) is 31.3. The molecule has 2 saturated heterocycles. The number of unbranched alkanes of at least 4 members (excludes halogenated alkanes) is 1. The van der Waals surface area contributed by atoms with E-state index in [4.69, 9.17) is 19.9 Å². The van der Waals surface area contributed by atoms with Crippen LogP contribution in [0.2, 0.25) is 0 Å². The lowest BCUT2D eigenvalue weighted by molar-refractivity contribution is -0.143. The van der Waals surface area contributed by atoms with Crippen LogP contribution in [0.25, 0.3) is 0 Å². The molecule has 0 bridgehead atoms. The molecule has 10 nitrogen and oxygen atoms in total. The number of anilines is 1. The minimum absolute atomic E-state index is 0.0579. The van der Waals surface area contributed by atoms with Crippen LogP contribution in [0.3, 0.4) is 0 Å². The van der Waals surface area contributed by atoms with Gasteiger partial charge in [0.25, 0.3) is 0 Å². The molecule has 3 aliphatic rings. The molecule has 234 valence electrons. The first-order valence-electron chi connectivity index (χ1n) is 15.6. The number of ether oxygens (including phenoxy) is 3. The zero-order valence-electron chi connectivity index (χ0n) is 25.1. The average molecular weight is 596 g/mol. The fourth-order valence-corrected chi connectivity index (χ4v) is 6.84. The summed E-state index contributed by atoms with van der Waals surface area (Å²) in [6.07, 6.45) is 6.38. The Morgan fingerprint density at radius 2 is 2.00 bits per heavy atom. The fourth-order valence-electron chi connectivity index (χ4n) is 6.84. The van der Waals surface area contributed by atoms with Crippen molar-refractivity contribution in [2.45, 2.75) is 83.1 Å². The highest BCUT2D eigenvalue weighted by molar-refractivity contribution is 5.95. The molecule has 0 aliphatic carbocycles. The Morgan fingerprint density at radius 1 is 1.14 bits per heavy atom. The molecule has 4 atom stereocenters. The number of fused-ring (bicyclic) bond motifs is 1. The molecule has 5 rings (SSSR count). The molecule has 2 fully saturated rings. The first-order chi connectivity index (χ1) is 20.9. The van der Waals surface area contributed by atoms with Gasteiger partial charge >= 0.3 is 5.97 Å². The van der Waals surface area contributed by atoms with Gasteiger partial charge in [-0.25, -0.2) is 0 Å². The molecule has 0 radical (unpaired) electrons. The van der Waals surface area contributed by atoms with Gasteiger partial charge in [-0.2, -0.15) is 0 Å². The maximum Gasteiger partial charge on any atom is 0.308 e. The third-order valence-corrected chi connectivity index (χ3v) is 9.09. The van der Waals surface area contributed by atoms with E-state index in [9.17, 15) is 19.8 Å². The van der Waals surface area contributed by atoms with Gasteiger partial charge < -0.3 is 35.1 Å². The van der Waals surface area contributed by atoms with Crippen LogP contribution >= 0.6 is 0 Å². The van der Waals surface area contributed by atoms with Crippen LogP contribution < -0.4 is 20.1 Å². The lowest BCUT2D eigenvalue weighted by atomic mass is 9.82. The minimum atomic E-state index is -0.892. The van der Waals surface area contributed by atoms with E-state index < -0.39 is 17.8 Å². The van der Waals surface area contributed by atoms with Crippen LogP contribution in [0, 0.1) is 5.92 Å². The smallest absolute Gasteiger partial charge is 0.308 e. The van der Waals surface area contributed by atoms with E-state index in [0.29, 0.717) is 43.1 Å².